The first kappa shape index (κ1) is 20.2. The summed E-state index contributed by atoms with van der Waals surface area (Å²) in [6.07, 6.45) is 4.67. The number of benzene rings is 2. The van der Waals surface area contributed by atoms with Gasteiger partial charge >= 0.3 is 0 Å². The number of likely N-dealkylation sites (N-methyl/N-ethyl adjacent to an activating group) is 1. The van der Waals surface area contributed by atoms with E-state index in [-0.39, 0.29) is 24.0 Å². The largest absolute Gasteiger partial charge is 0.333 e. The van der Waals surface area contributed by atoms with Crippen molar-refractivity contribution in [2.24, 2.45) is 0 Å². The maximum atomic E-state index is 12.2. The second kappa shape index (κ2) is 9.54. The third-order valence-corrected chi connectivity index (χ3v) is 4.43. The van der Waals surface area contributed by atoms with Gasteiger partial charge < -0.3 is 10.2 Å². The third kappa shape index (κ3) is 5.96. The zero-order valence-corrected chi connectivity index (χ0v) is 15.7. The summed E-state index contributed by atoms with van der Waals surface area (Å²) in [7, 11) is 1.51. The molecule has 2 aromatic rings. The molecule has 27 heavy (non-hydrogen) atoms. The molecule has 7 nitrogen and oxygen atoms in total. The van der Waals surface area contributed by atoms with E-state index in [1.54, 1.807) is 18.2 Å². The lowest BCUT2D eigenvalue weighted by atomic mass is 10.2. The summed E-state index contributed by atoms with van der Waals surface area (Å²) in [4.78, 5) is 36.8. The van der Waals surface area contributed by atoms with Crippen LogP contribution < -0.4 is 5.32 Å². The molecule has 2 amide bonds. The van der Waals surface area contributed by atoms with Gasteiger partial charge in [0.05, 0.1) is 17.2 Å². The standard InChI is InChI=1S/C19H19N3O4S/c1-21(13-18(23)20-16-8-3-4-9-17(16)27-2)19(24)11-10-14-6-5-7-15(12-14)22(25)26/h3-12H,13H2,1-2H3,(H,20,23)/b11-10+. The van der Waals surface area contributed by atoms with Crippen molar-refractivity contribution in [3.05, 3.63) is 70.3 Å². The van der Waals surface area contributed by atoms with Crippen molar-refractivity contribution in [2.45, 2.75) is 4.90 Å². The first-order valence-electron chi connectivity index (χ1n) is 8.01. The summed E-state index contributed by atoms with van der Waals surface area (Å²) in [5.74, 6) is -0.689. The van der Waals surface area contributed by atoms with Gasteiger partial charge in [-0.3, -0.25) is 19.7 Å². The zero-order chi connectivity index (χ0) is 19.8. The minimum absolute atomic E-state index is 0.0511. The van der Waals surface area contributed by atoms with Crippen molar-refractivity contribution in [1.82, 2.24) is 4.90 Å². The molecule has 0 saturated carbocycles. The highest BCUT2D eigenvalue weighted by Crippen LogP contribution is 2.24. The number of hydrogen-bond donors (Lipinski definition) is 1. The number of nitrogens with zero attached hydrogens (tertiary/aromatic N) is 2. The lowest BCUT2D eigenvalue weighted by molar-refractivity contribution is -0.384. The fraction of sp³-hybridized carbons (Fsp3) is 0.158. The number of thioether (sulfide) groups is 1. The summed E-state index contributed by atoms with van der Waals surface area (Å²) in [5.41, 5.74) is 1.18. The summed E-state index contributed by atoms with van der Waals surface area (Å²) in [5, 5.41) is 13.6. The van der Waals surface area contributed by atoms with Crippen LogP contribution in [0.2, 0.25) is 0 Å². The van der Waals surface area contributed by atoms with Crippen LogP contribution in [0.1, 0.15) is 5.56 Å². The van der Waals surface area contributed by atoms with Crippen molar-refractivity contribution in [3.8, 4) is 0 Å². The van der Waals surface area contributed by atoms with Crippen LogP contribution in [0.3, 0.4) is 0 Å². The van der Waals surface area contributed by atoms with Crippen molar-refractivity contribution in [3.63, 3.8) is 0 Å². The first-order valence-corrected chi connectivity index (χ1v) is 9.23. The van der Waals surface area contributed by atoms with Gasteiger partial charge in [-0.2, -0.15) is 0 Å². The Hall–Kier alpha value is -3.13. The number of nitro groups is 1. The Kier molecular flexibility index (Phi) is 7.13. The predicted octanol–water partition coefficient (Wildman–Crippen LogP) is 3.43. The van der Waals surface area contributed by atoms with Gasteiger partial charge in [0.1, 0.15) is 0 Å². The molecule has 0 radical (unpaired) electrons. The molecule has 0 unspecified atom stereocenters. The number of non-ortho nitro benzene ring substituents is 1. The number of rotatable bonds is 7. The van der Waals surface area contributed by atoms with Gasteiger partial charge in [0.2, 0.25) is 11.8 Å². The fourth-order valence-electron chi connectivity index (χ4n) is 2.27. The highest BCUT2D eigenvalue weighted by atomic mass is 32.2. The molecule has 0 aromatic heterocycles. The van der Waals surface area contributed by atoms with E-state index < -0.39 is 4.92 Å². The van der Waals surface area contributed by atoms with Crippen LogP contribution in [-0.4, -0.2) is 41.5 Å². The average Bonchev–Trinajstić information content (AvgIpc) is 2.66. The number of carbonyl (C=O) groups is 2. The molecule has 0 aliphatic rings. The van der Waals surface area contributed by atoms with Crippen LogP contribution in [0.25, 0.3) is 6.08 Å². The predicted molar refractivity (Wildman–Crippen MR) is 107 cm³/mol. The number of amides is 2. The molecule has 0 fully saturated rings. The number of hydrogen-bond acceptors (Lipinski definition) is 5. The lowest BCUT2D eigenvalue weighted by Gasteiger charge is -2.15. The topological polar surface area (TPSA) is 92.6 Å². The van der Waals surface area contributed by atoms with Crippen LogP contribution in [-0.2, 0) is 9.59 Å². The van der Waals surface area contributed by atoms with Crippen LogP contribution >= 0.6 is 11.8 Å². The highest BCUT2D eigenvalue weighted by Gasteiger charge is 2.12. The smallest absolute Gasteiger partial charge is 0.270 e. The van der Waals surface area contributed by atoms with E-state index in [1.165, 1.54) is 48.0 Å². The van der Waals surface area contributed by atoms with E-state index in [1.807, 2.05) is 24.5 Å². The molecular formula is C19H19N3O4S. The molecule has 0 spiro atoms. The molecular weight excluding hydrogens is 366 g/mol. The molecule has 8 heteroatoms. The van der Waals surface area contributed by atoms with E-state index >= 15 is 0 Å². The van der Waals surface area contributed by atoms with Crippen molar-refractivity contribution >= 4 is 41.0 Å². The van der Waals surface area contributed by atoms with Crippen molar-refractivity contribution < 1.29 is 14.5 Å². The van der Waals surface area contributed by atoms with E-state index in [9.17, 15) is 19.7 Å². The highest BCUT2D eigenvalue weighted by molar-refractivity contribution is 7.98. The monoisotopic (exact) mass is 385 g/mol. The molecule has 2 rings (SSSR count). The van der Waals surface area contributed by atoms with Crippen molar-refractivity contribution in [2.75, 3.05) is 25.2 Å². The maximum absolute atomic E-state index is 12.2. The van der Waals surface area contributed by atoms with Crippen LogP contribution in [0.4, 0.5) is 11.4 Å². The number of para-hydroxylation sites is 1. The number of carbonyl (C=O) groups excluding carboxylic acids is 2. The molecule has 140 valence electrons. The normalized spacial score (nSPS) is 10.6. The summed E-state index contributed by atoms with van der Waals surface area (Å²) in [6, 6.07) is 13.4. The molecule has 0 heterocycles. The van der Waals surface area contributed by atoms with Crippen molar-refractivity contribution in [1.29, 1.82) is 0 Å². The maximum Gasteiger partial charge on any atom is 0.270 e. The van der Waals surface area contributed by atoms with Gasteiger partial charge in [-0.25, -0.2) is 0 Å². The SMILES string of the molecule is CSc1ccccc1NC(=O)CN(C)C(=O)/C=C/c1cccc([N+](=O)[O-])c1. The molecule has 0 aliphatic heterocycles. The van der Waals surface area contributed by atoms with E-state index in [0.29, 0.717) is 11.3 Å². The Morgan fingerprint density at radius 3 is 2.67 bits per heavy atom. The Balaban J connectivity index is 1.95. The minimum atomic E-state index is -0.498. The van der Waals surface area contributed by atoms with E-state index in [0.717, 1.165) is 4.90 Å². The second-order valence-corrected chi connectivity index (χ2v) is 6.48. The van der Waals surface area contributed by atoms with Crippen LogP contribution in [0.15, 0.2) is 59.5 Å². The van der Waals surface area contributed by atoms with E-state index in [2.05, 4.69) is 5.32 Å². The van der Waals surface area contributed by atoms with Gasteiger partial charge in [-0.15, -0.1) is 11.8 Å². The second-order valence-electron chi connectivity index (χ2n) is 5.63. The quantitative estimate of drug-likeness (QED) is 0.341. The van der Waals surface area contributed by atoms with Gasteiger partial charge in [-0.1, -0.05) is 24.3 Å². The van der Waals surface area contributed by atoms with Gasteiger partial charge in [-0.05, 0) is 30.0 Å². The first-order chi connectivity index (χ1) is 12.9. The molecule has 0 atom stereocenters. The zero-order valence-electron chi connectivity index (χ0n) is 14.9. The Morgan fingerprint density at radius 2 is 1.96 bits per heavy atom. The number of nitro benzene ring substituents is 1. The van der Waals surface area contributed by atoms with Gasteiger partial charge in [0.25, 0.3) is 5.69 Å². The lowest BCUT2D eigenvalue weighted by Crippen LogP contribution is -2.33. The summed E-state index contributed by atoms with van der Waals surface area (Å²) in [6.45, 7) is -0.110. The Bertz CT molecular complexity index is 883. The molecule has 0 saturated heterocycles. The Labute approximate surface area is 161 Å². The van der Waals surface area contributed by atoms with Crippen LogP contribution in [0, 0.1) is 10.1 Å². The number of nitrogens with one attached hydrogen (secondary N) is 1. The molecule has 0 aliphatic carbocycles. The molecule has 2 aromatic carbocycles. The van der Waals surface area contributed by atoms with E-state index in [4.69, 9.17) is 0 Å². The van der Waals surface area contributed by atoms with Gasteiger partial charge in [0.15, 0.2) is 0 Å². The summed E-state index contributed by atoms with van der Waals surface area (Å²) >= 11 is 1.52. The number of anilines is 1. The minimum Gasteiger partial charge on any atom is -0.333 e. The fourth-order valence-corrected chi connectivity index (χ4v) is 2.82. The van der Waals surface area contributed by atoms with Gasteiger partial charge in [0, 0.05) is 30.2 Å². The summed E-state index contributed by atoms with van der Waals surface area (Å²) < 4.78 is 0. The Morgan fingerprint density at radius 1 is 1.22 bits per heavy atom. The average molecular weight is 385 g/mol. The third-order valence-electron chi connectivity index (χ3n) is 3.64. The molecule has 1 N–H and O–H groups in total. The molecule has 0 bridgehead atoms. The van der Waals surface area contributed by atoms with Crippen LogP contribution in [0.5, 0.6) is 0 Å².